The average Bonchev–Trinajstić information content (AvgIpc) is 2.08. The fourth-order valence-corrected chi connectivity index (χ4v) is 0.911. The molecular weight excluding hydrogens is 132 g/mol. The zero-order valence-corrected chi connectivity index (χ0v) is 6.66. The first kappa shape index (κ1) is 8.06. The lowest BCUT2D eigenvalue weighted by molar-refractivity contribution is 0.868. The Morgan fingerprint density at radius 2 is 1.82 bits per heavy atom. The summed E-state index contributed by atoms with van der Waals surface area (Å²) in [6, 6.07) is 0. The van der Waals surface area contributed by atoms with Gasteiger partial charge in [0.15, 0.2) is 0 Å². The predicted octanol–water partition coefficient (Wildman–Crippen LogP) is 3.20. The van der Waals surface area contributed by atoms with Crippen molar-refractivity contribution in [3.63, 3.8) is 0 Å². The molecule has 0 aromatic heterocycles. The zero-order chi connectivity index (χ0) is 7.78. The van der Waals surface area contributed by atoms with Crippen molar-refractivity contribution in [2.75, 3.05) is 0 Å². The minimum absolute atomic E-state index is 1.16. The first-order chi connectivity index (χ1) is 5.50. The van der Waals surface area contributed by atoms with Crippen LogP contribution in [-0.2, 0) is 0 Å². The molecule has 11 heavy (non-hydrogen) atoms. The molecule has 1 aliphatic carbocycles. The standard InChI is InChI=1S/C11H13/c1-2-4-6-8-10-11-9-7-5-3-1/h1-5,9,11H,6,8,10H2. The van der Waals surface area contributed by atoms with Crippen LogP contribution in [0.3, 0.4) is 0 Å². The molecule has 0 saturated carbocycles. The lowest BCUT2D eigenvalue weighted by atomic mass is 10.2. The van der Waals surface area contributed by atoms with Gasteiger partial charge in [0, 0.05) is 0 Å². The molecule has 0 aromatic carbocycles. The molecule has 0 amide bonds. The molecule has 0 unspecified atom stereocenters. The molecule has 0 aliphatic heterocycles. The topological polar surface area (TPSA) is 0 Å². The highest BCUT2D eigenvalue weighted by Gasteiger charge is 1.79. The van der Waals surface area contributed by atoms with Gasteiger partial charge in [-0.15, -0.1) is 0 Å². The summed E-state index contributed by atoms with van der Waals surface area (Å²) in [5.41, 5.74) is 0. The van der Waals surface area contributed by atoms with Gasteiger partial charge in [-0.25, -0.2) is 0 Å². The van der Waals surface area contributed by atoms with Gasteiger partial charge in [-0.05, 0) is 25.3 Å². The Morgan fingerprint density at radius 1 is 0.909 bits per heavy atom. The molecule has 57 valence electrons. The maximum Gasteiger partial charge on any atom is -0.0187 e. The maximum absolute atomic E-state index is 3.06. The van der Waals surface area contributed by atoms with E-state index in [-0.39, 0.29) is 0 Å². The Balaban J connectivity index is 2.47. The largest absolute Gasteiger partial charge is 0.0845 e. The first-order valence-corrected chi connectivity index (χ1v) is 4.06. The highest BCUT2D eigenvalue weighted by molar-refractivity contribution is 5.12. The highest BCUT2D eigenvalue weighted by Crippen LogP contribution is 1.99. The third kappa shape index (κ3) is 4.38. The van der Waals surface area contributed by atoms with Crippen molar-refractivity contribution in [2.45, 2.75) is 19.3 Å². The van der Waals surface area contributed by atoms with Crippen molar-refractivity contribution in [3.8, 4) is 0 Å². The van der Waals surface area contributed by atoms with Gasteiger partial charge in [0.2, 0.25) is 0 Å². The van der Waals surface area contributed by atoms with Crippen molar-refractivity contribution >= 4 is 0 Å². The molecule has 1 aliphatic rings. The van der Waals surface area contributed by atoms with Gasteiger partial charge in [0.25, 0.3) is 0 Å². The summed E-state index contributed by atoms with van der Waals surface area (Å²) in [5.74, 6) is 0. The SMILES string of the molecule is [C]1=CC=CC=CCCCC=C1. The van der Waals surface area contributed by atoms with E-state index >= 15 is 0 Å². The van der Waals surface area contributed by atoms with E-state index in [2.05, 4.69) is 24.3 Å². The van der Waals surface area contributed by atoms with E-state index in [0.717, 1.165) is 6.42 Å². The maximum atomic E-state index is 3.06. The van der Waals surface area contributed by atoms with Crippen LogP contribution in [-0.4, -0.2) is 0 Å². The van der Waals surface area contributed by atoms with E-state index < -0.39 is 0 Å². The number of allylic oxidation sites excluding steroid dienone is 8. The van der Waals surface area contributed by atoms with Crippen molar-refractivity contribution in [2.24, 2.45) is 0 Å². The Hall–Kier alpha value is -1.04. The van der Waals surface area contributed by atoms with E-state index in [1.807, 2.05) is 24.3 Å². The van der Waals surface area contributed by atoms with Crippen LogP contribution in [0.5, 0.6) is 0 Å². The molecule has 0 heteroatoms. The fourth-order valence-electron chi connectivity index (χ4n) is 0.911. The molecule has 1 rings (SSSR count). The van der Waals surface area contributed by atoms with E-state index in [1.165, 1.54) is 12.8 Å². The quantitative estimate of drug-likeness (QED) is 0.491. The van der Waals surface area contributed by atoms with Crippen LogP contribution in [0.4, 0.5) is 0 Å². The molecule has 1 radical (unpaired) electrons. The second-order valence-electron chi connectivity index (χ2n) is 2.48. The van der Waals surface area contributed by atoms with Crippen LogP contribution in [0.2, 0.25) is 0 Å². The molecule has 0 spiro atoms. The smallest absolute Gasteiger partial charge is 0.0187 e. The van der Waals surface area contributed by atoms with Crippen molar-refractivity contribution in [1.82, 2.24) is 0 Å². The number of hydrogen-bond acceptors (Lipinski definition) is 0. The fraction of sp³-hybridized carbons (Fsp3) is 0.273. The van der Waals surface area contributed by atoms with Gasteiger partial charge in [-0.2, -0.15) is 0 Å². The van der Waals surface area contributed by atoms with Gasteiger partial charge in [0.1, 0.15) is 0 Å². The second kappa shape index (κ2) is 5.72. The average molecular weight is 145 g/mol. The number of rotatable bonds is 0. The Morgan fingerprint density at radius 3 is 2.82 bits per heavy atom. The summed E-state index contributed by atoms with van der Waals surface area (Å²) in [4.78, 5) is 0. The molecule has 0 saturated heterocycles. The van der Waals surface area contributed by atoms with Gasteiger partial charge >= 0.3 is 0 Å². The predicted molar refractivity (Wildman–Crippen MR) is 49.1 cm³/mol. The van der Waals surface area contributed by atoms with E-state index in [0.29, 0.717) is 0 Å². The first-order valence-electron chi connectivity index (χ1n) is 4.06. The third-order valence-corrected chi connectivity index (χ3v) is 1.51. The summed E-state index contributed by atoms with van der Waals surface area (Å²) in [5, 5.41) is 0. The van der Waals surface area contributed by atoms with Gasteiger partial charge in [-0.3, -0.25) is 0 Å². The molecule has 0 bridgehead atoms. The van der Waals surface area contributed by atoms with Gasteiger partial charge < -0.3 is 0 Å². The monoisotopic (exact) mass is 145 g/mol. The highest BCUT2D eigenvalue weighted by atomic mass is 13.9. The van der Waals surface area contributed by atoms with E-state index in [1.54, 1.807) is 0 Å². The van der Waals surface area contributed by atoms with Crippen LogP contribution >= 0.6 is 0 Å². The van der Waals surface area contributed by atoms with Crippen LogP contribution in [0.15, 0.2) is 42.5 Å². The lowest BCUT2D eigenvalue weighted by Crippen LogP contribution is -1.67. The van der Waals surface area contributed by atoms with Crippen molar-refractivity contribution in [3.05, 3.63) is 48.6 Å². The summed E-state index contributed by atoms with van der Waals surface area (Å²) >= 11 is 0. The van der Waals surface area contributed by atoms with Crippen molar-refractivity contribution in [1.29, 1.82) is 0 Å². The summed E-state index contributed by atoms with van der Waals surface area (Å²) < 4.78 is 0. The zero-order valence-electron chi connectivity index (χ0n) is 6.66. The van der Waals surface area contributed by atoms with Crippen LogP contribution < -0.4 is 0 Å². The molecule has 0 atom stereocenters. The summed E-state index contributed by atoms with van der Waals surface area (Å²) in [6.45, 7) is 0. The van der Waals surface area contributed by atoms with Crippen molar-refractivity contribution < 1.29 is 0 Å². The normalized spacial score (nSPS) is 18.2. The Kier molecular flexibility index (Phi) is 4.19. The molecule has 0 aromatic rings. The number of hydrogen-bond donors (Lipinski definition) is 0. The lowest BCUT2D eigenvalue weighted by Gasteiger charge is -1.87. The van der Waals surface area contributed by atoms with E-state index in [4.69, 9.17) is 0 Å². The van der Waals surface area contributed by atoms with Crippen LogP contribution in [0, 0.1) is 6.08 Å². The third-order valence-electron chi connectivity index (χ3n) is 1.51. The Bertz CT molecular complexity index is 170. The van der Waals surface area contributed by atoms with Crippen LogP contribution in [0.1, 0.15) is 19.3 Å². The van der Waals surface area contributed by atoms with Crippen LogP contribution in [0.25, 0.3) is 0 Å². The molecule has 0 N–H and O–H groups in total. The molecule has 0 nitrogen and oxygen atoms in total. The molecule has 0 fully saturated rings. The minimum atomic E-state index is 1.16. The minimum Gasteiger partial charge on any atom is -0.0845 e. The van der Waals surface area contributed by atoms with Gasteiger partial charge in [-0.1, -0.05) is 42.5 Å². The molecular formula is C11H13. The second-order valence-corrected chi connectivity index (χ2v) is 2.48. The Labute approximate surface area is 68.6 Å². The van der Waals surface area contributed by atoms with E-state index in [9.17, 15) is 0 Å². The molecule has 0 heterocycles. The van der Waals surface area contributed by atoms with Gasteiger partial charge in [0.05, 0.1) is 0 Å². The summed E-state index contributed by atoms with van der Waals surface area (Å²) in [6.07, 6.45) is 21.0. The summed E-state index contributed by atoms with van der Waals surface area (Å²) in [7, 11) is 0.